The molecule has 1 N–H and O–H groups in total. The van der Waals surface area contributed by atoms with Gasteiger partial charge >= 0.3 is 0 Å². The number of unbranched alkanes of at least 4 members (excludes halogenated alkanes) is 1. The van der Waals surface area contributed by atoms with Crippen molar-refractivity contribution in [3.63, 3.8) is 0 Å². The third kappa shape index (κ3) is 7.05. The second kappa shape index (κ2) is 12.3. The highest BCUT2D eigenvalue weighted by molar-refractivity contribution is 5.95. The zero-order valence-electron chi connectivity index (χ0n) is 26.9. The van der Waals surface area contributed by atoms with Crippen LogP contribution in [0.2, 0.25) is 0 Å². The second-order valence-corrected chi connectivity index (χ2v) is 13.8. The number of amides is 1. The molecule has 0 saturated carbocycles. The molecule has 3 aromatic rings. The van der Waals surface area contributed by atoms with Crippen molar-refractivity contribution < 1.29 is 9.53 Å². The second-order valence-electron chi connectivity index (χ2n) is 13.8. The highest BCUT2D eigenvalue weighted by Crippen LogP contribution is 2.38. The molecule has 0 spiro atoms. The van der Waals surface area contributed by atoms with Crippen LogP contribution in [0.4, 0.5) is 0 Å². The molecule has 0 aliphatic rings. The summed E-state index contributed by atoms with van der Waals surface area (Å²) >= 11 is 0. The van der Waals surface area contributed by atoms with E-state index in [9.17, 15) is 4.79 Å². The maximum atomic E-state index is 13.2. The van der Waals surface area contributed by atoms with E-state index < -0.39 is 0 Å². The van der Waals surface area contributed by atoms with E-state index in [0.717, 1.165) is 48.5 Å². The van der Waals surface area contributed by atoms with Gasteiger partial charge in [0.25, 0.3) is 5.91 Å². The first kappa shape index (κ1) is 31.6. The number of hydrogen-bond donors (Lipinski definition) is 1. The van der Waals surface area contributed by atoms with Crippen molar-refractivity contribution >= 4 is 11.6 Å². The predicted octanol–water partition coefficient (Wildman–Crippen LogP) is 8.11. The van der Waals surface area contributed by atoms with Crippen LogP contribution in [0.15, 0.2) is 30.5 Å². The number of fused-ring (bicyclic) bond motifs is 1. The molecule has 6 heteroatoms. The van der Waals surface area contributed by atoms with Gasteiger partial charge in [0.2, 0.25) is 0 Å². The zero-order valence-corrected chi connectivity index (χ0v) is 26.9. The first-order chi connectivity index (χ1) is 18.6. The Balaban J connectivity index is 1.63. The van der Waals surface area contributed by atoms with E-state index >= 15 is 0 Å². The molecule has 1 amide bonds. The molecule has 40 heavy (non-hydrogen) atoms. The summed E-state index contributed by atoms with van der Waals surface area (Å²) < 4.78 is 8.16. The van der Waals surface area contributed by atoms with Crippen LogP contribution in [-0.2, 0) is 16.2 Å². The minimum absolute atomic E-state index is 0.0363. The summed E-state index contributed by atoms with van der Waals surface area (Å²) in [5, 5.41) is 7.90. The Labute approximate surface area is 242 Å². The summed E-state index contributed by atoms with van der Waals surface area (Å²) in [7, 11) is 0. The average molecular weight is 549 g/mol. The summed E-state index contributed by atoms with van der Waals surface area (Å²) in [6, 6.07) is 8.73. The number of nitrogens with one attached hydrogen (secondary N) is 1. The molecule has 220 valence electrons. The molecule has 6 nitrogen and oxygen atoms in total. The lowest BCUT2D eigenvalue weighted by Crippen LogP contribution is -2.27. The Kier molecular flexibility index (Phi) is 9.74. The molecule has 3 rings (SSSR count). The molecular weight excluding hydrogens is 496 g/mol. The number of ether oxygens (including phenoxy) is 1. The topological polar surface area (TPSA) is 68.5 Å². The summed E-state index contributed by atoms with van der Waals surface area (Å²) in [5.41, 5.74) is 5.94. The number of carbonyl (C=O) groups is 1. The normalized spacial score (nSPS) is 12.8. The first-order valence-corrected chi connectivity index (χ1v) is 15.1. The van der Waals surface area contributed by atoms with Gasteiger partial charge < -0.3 is 10.1 Å². The largest absolute Gasteiger partial charge is 0.493 e. The molecule has 0 unspecified atom stereocenters. The fourth-order valence-corrected chi connectivity index (χ4v) is 4.76. The number of hydrogen-bond acceptors (Lipinski definition) is 4. The third-order valence-corrected chi connectivity index (χ3v) is 8.45. The summed E-state index contributed by atoms with van der Waals surface area (Å²) in [5.74, 6) is 0.998. The molecule has 2 aromatic heterocycles. The van der Waals surface area contributed by atoms with E-state index in [-0.39, 0.29) is 28.1 Å². The van der Waals surface area contributed by atoms with Gasteiger partial charge in [-0.05, 0) is 54.1 Å². The van der Waals surface area contributed by atoms with E-state index in [1.165, 1.54) is 11.1 Å². The van der Waals surface area contributed by atoms with Crippen molar-refractivity contribution in [2.24, 2.45) is 0 Å². The van der Waals surface area contributed by atoms with Crippen LogP contribution in [0.25, 0.3) is 5.65 Å². The molecule has 0 radical (unpaired) electrons. The quantitative estimate of drug-likeness (QED) is 0.232. The molecule has 0 fully saturated rings. The van der Waals surface area contributed by atoms with Crippen LogP contribution in [0.1, 0.15) is 141 Å². The van der Waals surface area contributed by atoms with Crippen LogP contribution in [0, 0.1) is 0 Å². The number of rotatable bonds is 12. The van der Waals surface area contributed by atoms with E-state index in [1.54, 1.807) is 6.20 Å². The lowest BCUT2D eigenvalue weighted by molar-refractivity contribution is 0.0949. The Morgan fingerprint density at radius 3 is 2.25 bits per heavy atom. The molecule has 0 saturated heterocycles. The molecular formula is C34H52N4O2. The fraction of sp³-hybridized carbons (Fsp3) is 0.618. The standard InChI is InChI=1S/C34H52N4O2/c1-12-33(8,9)24-16-17-27(26(20-24)34(10,11)13-2)40-19-15-14-18-35-31(39)25-22-36-29-21-28(32(5,6)7)37-38(29)30(25)23(3)4/h16-17,20-23H,12-15,18-19H2,1-11H3,(H,35,39). The third-order valence-electron chi connectivity index (χ3n) is 8.45. The highest BCUT2D eigenvalue weighted by Gasteiger charge is 2.27. The molecule has 2 heterocycles. The Morgan fingerprint density at radius 2 is 1.65 bits per heavy atom. The molecule has 1 aromatic carbocycles. The average Bonchev–Trinajstić information content (AvgIpc) is 3.35. The van der Waals surface area contributed by atoms with E-state index in [0.29, 0.717) is 18.7 Å². The molecule has 0 atom stereocenters. The smallest absolute Gasteiger partial charge is 0.254 e. The highest BCUT2D eigenvalue weighted by atomic mass is 16.5. The van der Waals surface area contributed by atoms with Gasteiger partial charge in [-0.1, -0.05) is 88.3 Å². The van der Waals surface area contributed by atoms with Crippen LogP contribution in [0.5, 0.6) is 5.75 Å². The molecule has 0 bridgehead atoms. The Hall–Kier alpha value is -2.89. The SMILES string of the molecule is CCC(C)(C)c1ccc(OCCCCNC(=O)c2cnc3cc(C(C)(C)C)nn3c2C(C)C)c(C(C)(C)CC)c1. The summed E-state index contributed by atoms with van der Waals surface area (Å²) in [6.07, 6.45) is 5.52. The van der Waals surface area contributed by atoms with E-state index in [4.69, 9.17) is 9.84 Å². The minimum Gasteiger partial charge on any atom is -0.493 e. The molecule has 0 aliphatic heterocycles. The number of aromatic nitrogens is 3. The van der Waals surface area contributed by atoms with Gasteiger partial charge in [-0.2, -0.15) is 5.10 Å². The first-order valence-electron chi connectivity index (χ1n) is 15.1. The van der Waals surface area contributed by atoms with Crippen molar-refractivity contribution in [3.8, 4) is 5.75 Å². The Bertz CT molecular complexity index is 1310. The summed E-state index contributed by atoms with van der Waals surface area (Å²) in [4.78, 5) is 17.7. The molecule has 0 aliphatic carbocycles. The lowest BCUT2D eigenvalue weighted by atomic mass is 9.76. The number of nitrogens with zero attached hydrogens (tertiary/aromatic N) is 3. The van der Waals surface area contributed by atoms with Crippen molar-refractivity contribution in [3.05, 3.63) is 58.5 Å². The van der Waals surface area contributed by atoms with E-state index in [2.05, 4.69) is 105 Å². The van der Waals surface area contributed by atoms with Gasteiger partial charge in [-0.15, -0.1) is 0 Å². The fourth-order valence-electron chi connectivity index (χ4n) is 4.76. The minimum atomic E-state index is -0.104. The maximum absolute atomic E-state index is 13.2. The Morgan fingerprint density at radius 1 is 0.975 bits per heavy atom. The van der Waals surface area contributed by atoms with Crippen LogP contribution in [-0.4, -0.2) is 33.7 Å². The van der Waals surface area contributed by atoms with Gasteiger partial charge in [0.05, 0.1) is 23.6 Å². The van der Waals surface area contributed by atoms with Gasteiger partial charge in [0, 0.05) is 29.8 Å². The van der Waals surface area contributed by atoms with Gasteiger partial charge in [0.1, 0.15) is 5.75 Å². The maximum Gasteiger partial charge on any atom is 0.254 e. The summed E-state index contributed by atoms with van der Waals surface area (Å²) in [6.45, 7) is 25.4. The predicted molar refractivity (Wildman–Crippen MR) is 166 cm³/mol. The van der Waals surface area contributed by atoms with Gasteiger partial charge in [0.15, 0.2) is 5.65 Å². The van der Waals surface area contributed by atoms with Crippen molar-refractivity contribution in [1.82, 2.24) is 19.9 Å². The zero-order chi connectivity index (χ0) is 29.9. The van der Waals surface area contributed by atoms with Crippen LogP contribution >= 0.6 is 0 Å². The number of carbonyl (C=O) groups excluding carboxylic acids is 1. The monoisotopic (exact) mass is 548 g/mol. The lowest BCUT2D eigenvalue weighted by Gasteiger charge is -2.30. The van der Waals surface area contributed by atoms with Crippen molar-refractivity contribution in [2.75, 3.05) is 13.2 Å². The van der Waals surface area contributed by atoms with Gasteiger partial charge in [-0.25, -0.2) is 9.50 Å². The number of benzene rings is 1. The van der Waals surface area contributed by atoms with Crippen molar-refractivity contribution in [2.45, 2.75) is 124 Å². The van der Waals surface area contributed by atoms with Crippen molar-refractivity contribution in [1.29, 1.82) is 0 Å². The van der Waals surface area contributed by atoms with Crippen LogP contribution in [0.3, 0.4) is 0 Å². The van der Waals surface area contributed by atoms with Crippen LogP contribution < -0.4 is 10.1 Å². The van der Waals surface area contributed by atoms with Gasteiger partial charge in [-0.3, -0.25) is 4.79 Å². The van der Waals surface area contributed by atoms with E-state index in [1.807, 2.05) is 10.6 Å².